The Labute approximate surface area is 198 Å². The van der Waals surface area contributed by atoms with E-state index in [4.69, 9.17) is 23.8 Å². The maximum atomic E-state index is 13.2. The van der Waals surface area contributed by atoms with Gasteiger partial charge in [-0.15, -0.1) is 0 Å². The zero-order valence-corrected chi connectivity index (χ0v) is 19.9. The average molecular weight is 472 g/mol. The number of aryl methyl sites for hydroxylation is 1. The summed E-state index contributed by atoms with van der Waals surface area (Å²) in [7, 11) is 0. The zero-order valence-electron chi connectivity index (χ0n) is 18.3. The van der Waals surface area contributed by atoms with Gasteiger partial charge >= 0.3 is 0 Å². The predicted octanol–water partition coefficient (Wildman–Crippen LogP) is 4.86. The second-order valence-corrected chi connectivity index (χ2v) is 8.91. The van der Waals surface area contributed by atoms with Crippen molar-refractivity contribution in [1.82, 2.24) is 19.6 Å². The fourth-order valence-corrected chi connectivity index (χ4v) is 4.44. The van der Waals surface area contributed by atoms with Crippen LogP contribution in [-0.4, -0.2) is 50.9 Å². The van der Waals surface area contributed by atoms with Crippen LogP contribution in [0.25, 0.3) is 0 Å². The molecule has 0 spiro atoms. The van der Waals surface area contributed by atoms with E-state index in [0.29, 0.717) is 6.54 Å². The lowest BCUT2D eigenvalue weighted by Crippen LogP contribution is -2.49. The molecule has 0 amide bonds. The smallest absolute Gasteiger partial charge is 0.173 e. The molecule has 1 N–H and O–H groups in total. The van der Waals surface area contributed by atoms with E-state index in [2.05, 4.69) is 26.3 Å². The number of halogens is 2. The molecule has 2 heterocycles. The fraction of sp³-hybridized carbons (Fsp3) is 0.333. The molecular formula is C24H27ClFN5S. The van der Waals surface area contributed by atoms with Gasteiger partial charge in [0.15, 0.2) is 5.11 Å². The van der Waals surface area contributed by atoms with Crippen LogP contribution in [0.15, 0.2) is 48.5 Å². The van der Waals surface area contributed by atoms with Crippen LogP contribution in [0.1, 0.15) is 22.5 Å². The van der Waals surface area contributed by atoms with E-state index in [9.17, 15) is 4.39 Å². The molecule has 1 aromatic heterocycles. The van der Waals surface area contributed by atoms with Crippen LogP contribution in [0.4, 0.5) is 10.1 Å². The first-order chi connectivity index (χ1) is 15.4. The molecule has 0 unspecified atom stereocenters. The van der Waals surface area contributed by atoms with E-state index >= 15 is 0 Å². The van der Waals surface area contributed by atoms with Crippen LogP contribution in [0.2, 0.25) is 5.02 Å². The molecule has 0 radical (unpaired) electrons. The summed E-state index contributed by atoms with van der Waals surface area (Å²) in [6, 6.07) is 14.5. The Morgan fingerprint density at radius 2 is 1.72 bits per heavy atom. The summed E-state index contributed by atoms with van der Waals surface area (Å²) >= 11 is 12.0. The molecule has 1 aliphatic heterocycles. The third kappa shape index (κ3) is 5.28. The van der Waals surface area contributed by atoms with Crippen LogP contribution >= 0.6 is 23.8 Å². The van der Waals surface area contributed by atoms with Crippen molar-refractivity contribution in [2.45, 2.75) is 26.9 Å². The SMILES string of the molecule is Cc1nn(Cc2ccc(F)cc2)c(C)c1NC(=S)N1CCN(Cc2ccccc2Cl)CC1. The highest BCUT2D eigenvalue weighted by Gasteiger charge is 2.21. The van der Waals surface area contributed by atoms with Gasteiger partial charge in [-0.25, -0.2) is 4.39 Å². The summed E-state index contributed by atoms with van der Waals surface area (Å²) in [5.41, 5.74) is 5.00. The molecule has 0 saturated carbocycles. The highest BCUT2D eigenvalue weighted by Crippen LogP contribution is 2.22. The maximum absolute atomic E-state index is 13.2. The van der Waals surface area contributed by atoms with E-state index in [1.54, 1.807) is 12.1 Å². The van der Waals surface area contributed by atoms with E-state index < -0.39 is 0 Å². The standard InChI is InChI=1S/C24H27ClFN5S/c1-17-23(18(2)31(28-17)15-19-7-9-21(26)10-8-19)27-24(32)30-13-11-29(12-14-30)16-20-5-3-4-6-22(20)25/h3-10H,11-16H2,1-2H3,(H,27,32). The number of anilines is 1. The van der Waals surface area contributed by atoms with Crippen LogP contribution in [0, 0.1) is 19.7 Å². The molecule has 0 bridgehead atoms. The van der Waals surface area contributed by atoms with Gasteiger partial charge in [-0.05, 0) is 55.4 Å². The lowest BCUT2D eigenvalue weighted by Gasteiger charge is -2.36. The Kier molecular flexibility index (Phi) is 7.08. The number of hydrogen-bond acceptors (Lipinski definition) is 3. The molecule has 1 aliphatic rings. The zero-order chi connectivity index (χ0) is 22.7. The quantitative estimate of drug-likeness (QED) is 0.538. The second-order valence-electron chi connectivity index (χ2n) is 8.11. The Morgan fingerprint density at radius 1 is 1.03 bits per heavy atom. The minimum atomic E-state index is -0.234. The maximum Gasteiger partial charge on any atom is 0.173 e. The van der Waals surface area contributed by atoms with Crippen molar-refractivity contribution >= 4 is 34.6 Å². The molecule has 4 rings (SSSR count). The fourth-order valence-electron chi connectivity index (χ4n) is 3.96. The molecule has 8 heteroatoms. The van der Waals surface area contributed by atoms with Crippen molar-refractivity contribution in [3.05, 3.63) is 81.9 Å². The first kappa shape index (κ1) is 22.7. The third-order valence-corrected chi connectivity index (χ3v) is 6.60. The third-order valence-electron chi connectivity index (χ3n) is 5.87. The second kappa shape index (κ2) is 9.98. The van der Waals surface area contributed by atoms with E-state index in [0.717, 1.165) is 71.1 Å². The van der Waals surface area contributed by atoms with Crippen molar-refractivity contribution in [2.24, 2.45) is 0 Å². The molecular weight excluding hydrogens is 445 g/mol. The molecule has 0 atom stereocenters. The van der Waals surface area contributed by atoms with Crippen molar-refractivity contribution < 1.29 is 4.39 Å². The topological polar surface area (TPSA) is 36.3 Å². The summed E-state index contributed by atoms with van der Waals surface area (Å²) < 4.78 is 15.1. The van der Waals surface area contributed by atoms with Gasteiger partial charge in [-0.2, -0.15) is 5.10 Å². The molecule has 1 saturated heterocycles. The number of nitrogens with zero attached hydrogens (tertiary/aromatic N) is 4. The summed E-state index contributed by atoms with van der Waals surface area (Å²) in [5, 5.41) is 9.60. The lowest BCUT2D eigenvalue weighted by molar-refractivity contribution is 0.177. The van der Waals surface area contributed by atoms with Gasteiger partial charge in [0, 0.05) is 37.7 Å². The van der Waals surface area contributed by atoms with Crippen molar-refractivity contribution in [1.29, 1.82) is 0 Å². The lowest BCUT2D eigenvalue weighted by atomic mass is 10.2. The molecule has 0 aliphatic carbocycles. The molecule has 32 heavy (non-hydrogen) atoms. The van der Waals surface area contributed by atoms with Crippen LogP contribution in [0.3, 0.4) is 0 Å². The van der Waals surface area contributed by atoms with Crippen LogP contribution in [-0.2, 0) is 13.1 Å². The monoisotopic (exact) mass is 471 g/mol. The summed E-state index contributed by atoms with van der Waals surface area (Å²) in [5.74, 6) is -0.234. The van der Waals surface area contributed by atoms with E-state index in [1.807, 2.05) is 36.7 Å². The van der Waals surface area contributed by atoms with Gasteiger partial charge < -0.3 is 10.2 Å². The molecule has 2 aromatic carbocycles. The Balaban J connectivity index is 1.35. The summed E-state index contributed by atoms with van der Waals surface area (Å²) in [4.78, 5) is 4.60. The Bertz CT molecular complexity index is 1090. The number of thiocarbonyl (C=S) groups is 1. The molecule has 3 aromatic rings. The Morgan fingerprint density at radius 3 is 2.41 bits per heavy atom. The summed E-state index contributed by atoms with van der Waals surface area (Å²) in [6.07, 6.45) is 0. The average Bonchev–Trinajstić information content (AvgIpc) is 3.04. The van der Waals surface area contributed by atoms with E-state index in [-0.39, 0.29) is 5.82 Å². The van der Waals surface area contributed by atoms with Gasteiger partial charge in [-0.1, -0.05) is 41.9 Å². The van der Waals surface area contributed by atoms with Crippen LogP contribution < -0.4 is 5.32 Å². The number of hydrogen-bond donors (Lipinski definition) is 1. The van der Waals surface area contributed by atoms with Crippen molar-refractivity contribution in [2.75, 3.05) is 31.5 Å². The molecule has 5 nitrogen and oxygen atoms in total. The van der Waals surface area contributed by atoms with Crippen molar-refractivity contribution in [3.63, 3.8) is 0 Å². The van der Waals surface area contributed by atoms with Gasteiger partial charge in [0.05, 0.1) is 23.6 Å². The number of aromatic nitrogens is 2. The molecule has 168 valence electrons. The van der Waals surface area contributed by atoms with E-state index in [1.165, 1.54) is 12.1 Å². The molecule has 1 fully saturated rings. The van der Waals surface area contributed by atoms with Gasteiger partial charge in [0.25, 0.3) is 0 Å². The largest absolute Gasteiger partial charge is 0.346 e. The number of piperazine rings is 1. The minimum Gasteiger partial charge on any atom is -0.346 e. The predicted molar refractivity (Wildman–Crippen MR) is 132 cm³/mol. The first-order valence-electron chi connectivity index (χ1n) is 10.7. The van der Waals surface area contributed by atoms with Gasteiger partial charge in [-0.3, -0.25) is 9.58 Å². The first-order valence-corrected chi connectivity index (χ1v) is 11.5. The highest BCUT2D eigenvalue weighted by atomic mass is 35.5. The Hall–Kier alpha value is -2.48. The van der Waals surface area contributed by atoms with Crippen LogP contribution in [0.5, 0.6) is 0 Å². The summed E-state index contributed by atoms with van der Waals surface area (Å²) in [6.45, 7) is 9.00. The number of nitrogens with one attached hydrogen (secondary N) is 1. The van der Waals surface area contributed by atoms with Crippen molar-refractivity contribution in [3.8, 4) is 0 Å². The van der Waals surface area contributed by atoms with Gasteiger partial charge in [0.1, 0.15) is 5.82 Å². The highest BCUT2D eigenvalue weighted by molar-refractivity contribution is 7.80. The number of benzene rings is 2. The minimum absolute atomic E-state index is 0.234. The normalized spacial score (nSPS) is 14.6. The number of rotatable bonds is 5. The van der Waals surface area contributed by atoms with Gasteiger partial charge in [0.2, 0.25) is 0 Å².